The van der Waals surface area contributed by atoms with Gasteiger partial charge in [-0.3, -0.25) is 0 Å². The summed E-state index contributed by atoms with van der Waals surface area (Å²) in [6.45, 7) is 3.86. The fourth-order valence-electron chi connectivity index (χ4n) is 4.65. The summed E-state index contributed by atoms with van der Waals surface area (Å²) in [6.07, 6.45) is -1.36. The Labute approximate surface area is 252 Å². The summed E-state index contributed by atoms with van der Waals surface area (Å²) < 4.78 is 10.9. The van der Waals surface area contributed by atoms with Crippen LogP contribution in [0.25, 0.3) is 10.8 Å². The molecule has 0 radical (unpaired) electrons. The third kappa shape index (κ3) is 9.68. The number of carbonyl (C=O) groups is 3. The number of hydrogen-bond donors (Lipinski definition) is 2. The molecule has 0 bridgehead atoms. The smallest absolute Gasteiger partial charge is 0.337 e. The van der Waals surface area contributed by atoms with E-state index in [9.17, 15) is 19.5 Å². The number of ether oxygens (including phenoxy) is 2. The van der Waals surface area contributed by atoms with E-state index in [0.717, 1.165) is 27.5 Å². The Morgan fingerprint density at radius 2 is 1.26 bits per heavy atom. The number of nitrogens with zero attached hydrogens (tertiary/aromatic N) is 1. The van der Waals surface area contributed by atoms with Crippen molar-refractivity contribution in [2.75, 3.05) is 13.1 Å². The molecule has 0 aliphatic rings. The van der Waals surface area contributed by atoms with Gasteiger partial charge in [0.1, 0.15) is 19.3 Å². The van der Waals surface area contributed by atoms with Crippen LogP contribution in [0.4, 0.5) is 4.79 Å². The number of aliphatic hydroxyl groups excluding tert-OH is 1. The first-order valence-corrected chi connectivity index (χ1v) is 14.4. The monoisotopic (exact) mass is 582 g/mol. The summed E-state index contributed by atoms with van der Waals surface area (Å²) in [5.74, 6) is -1.39. The Balaban J connectivity index is 1.47. The minimum Gasteiger partial charge on any atom is -0.459 e. The minimum atomic E-state index is -1.56. The maximum atomic E-state index is 13.6. The minimum absolute atomic E-state index is 0.00813. The maximum absolute atomic E-state index is 13.6. The summed E-state index contributed by atoms with van der Waals surface area (Å²) in [4.78, 5) is 40.8. The van der Waals surface area contributed by atoms with Crippen molar-refractivity contribution in [2.45, 2.75) is 45.6 Å². The molecule has 4 rings (SSSR count). The van der Waals surface area contributed by atoms with E-state index in [1.54, 1.807) is 0 Å². The lowest BCUT2D eigenvalue weighted by molar-refractivity contribution is -0.155. The Morgan fingerprint density at radius 1 is 0.698 bits per heavy atom. The molecule has 8 nitrogen and oxygen atoms in total. The molecule has 0 saturated carbocycles. The number of rotatable bonds is 13. The SMILES string of the molecule is CC(C)CN(C[C@@H](O)C(=O)OCc1ccccc1)C(=O)N[C@H](Cc1ccc2ccccc2c1)C(=O)OCc1ccccc1. The summed E-state index contributed by atoms with van der Waals surface area (Å²) in [5, 5.41) is 15.5. The van der Waals surface area contributed by atoms with Gasteiger partial charge in [0.2, 0.25) is 0 Å². The van der Waals surface area contributed by atoms with Crippen LogP contribution >= 0.6 is 0 Å². The van der Waals surface area contributed by atoms with Gasteiger partial charge in [-0.1, -0.05) is 117 Å². The third-order valence-corrected chi connectivity index (χ3v) is 6.82. The quantitative estimate of drug-likeness (QED) is 0.208. The molecule has 0 unspecified atom stereocenters. The van der Waals surface area contributed by atoms with Crippen LogP contribution in [0.2, 0.25) is 0 Å². The lowest BCUT2D eigenvalue weighted by atomic mass is 10.0. The Morgan fingerprint density at radius 3 is 1.86 bits per heavy atom. The summed E-state index contributed by atoms with van der Waals surface area (Å²) >= 11 is 0. The van der Waals surface area contributed by atoms with Crippen molar-refractivity contribution in [2.24, 2.45) is 5.92 Å². The molecule has 43 heavy (non-hydrogen) atoms. The van der Waals surface area contributed by atoms with E-state index in [1.807, 2.05) is 117 Å². The van der Waals surface area contributed by atoms with Crippen LogP contribution < -0.4 is 5.32 Å². The second-order valence-corrected chi connectivity index (χ2v) is 10.9. The first kappa shape index (κ1) is 31.3. The largest absolute Gasteiger partial charge is 0.459 e. The molecule has 0 spiro atoms. The van der Waals surface area contributed by atoms with Crippen molar-refractivity contribution in [3.05, 3.63) is 120 Å². The summed E-state index contributed by atoms with van der Waals surface area (Å²) in [7, 11) is 0. The molecule has 8 heteroatoms. The van der Waals surface area contributed by atoms with Crippen molar-refractivity contribution < 1.29 is 29.0 Å². The number of fused-ring (bicyclic) bond motifs is 1. The maximum Gasteiger partial charge on any atom is 0.337 e. The number of amides is 2. The lowest BCUT2D eigenvalue weighted by Crippen LogP contribution is -2.52. The Bertz CT molecular complexity index is 1490. The molecule has 0 aromatic heterocycles. The molecule has 0 aliphatic carbocycles. The highest BCUT2D eigenvalue weighted by molar-refractivity contribution is 5.86. The summed E-state index contributed by atoms with van der Waals surface area (Å²) in [5.41, 5.74) is 2.45. The second kappa shape index (κ2) is 15.5. The number of aliphatic hydroxyl groups is 1. The first-order chi connectivity index (χ1) is 20.8. The zero-order valence-corrected chi connectivity index (χ0v) is 24.5. The van der Waals surface area contributed by atoms with E-state index in [2.05, 4.69) is 5.32 Å². The van der Waals surface area contributed by atoms with Gasteiger partial charge in [0.25, 0.3) is 0 Å². The normalized spacial score (nSPS) is 12.4. The number of hydrogen-bond acceptors (Lipinski definition) is 6. The first-order valence-electron chi connectivity index (χ1n) is 14.4. The van der Waals surface area contributed by atoms with Crippen molar-refractivity contribution in [1.29, 1.82) is 0 Å². The predicted octanol–water partition coefficient (Wildman–Crippen LogP) is 5.27. The van der Waals surface area contributed by atoms with Crippen LogP contribution in [-0.4, -0.2) is 53.2 Å². The van der Waals surface area contributed by atoms with Gasteiger partial charge in [-0.25, -0.2) is 14.4 Å². The highest BCUT2D eigenvalue weighted by atomic mass is 16.5. The Kier molecular flexibility index (Phi) is 11.3. The molecule has 4 aromatic rings. The van der Waals surface area contributed by atoms with E-state index in [0.29, 0.717) is 0 Å². The van der Waals surface area contributed by atoms with Crippen LogP contribution in [0.5, 0.6) is 0 Å². The number of urea groups is 1. The van der Waals surface area contributed by atoms with Crippen LogP contribution in [-0.2, 0) is 38.7 Å². The fraction of sp³-hybridized carbons (Fsp3) is 0.286. The highest BCUT2D eigenvalue weighted by Gasteiger charge is 2.29. The van der Waals surface area contributed by atoms with E-state index in [4.69, 9.17) is 9.47 Å². The van der Waals surface area contributed by atoms with Gasteiger partial charge in [-0.2, -0.15) is 0 Å². The number of carbonyl (C=O) groups excluding carboxylic acids is 3. The molecule has 2 N–H and O–H groups in total. The zero-order chi connectivity index (χ0) is 30.6. The fourth-order valence-corrected chi connectivity index (χ4v) is 4.65. The molecule has 224 valence electrons. The van der Waals surface area contributed by atoms with Crippen molar-refractivity contribution in [1.82, 2.24) is 10.2 Å². The van der Waals surface area contributed by atoms with Crippen molar-refractivity contribution >= 4 is 28.7 Å². The van der Waals surface area contributed by atoms with E-state index >= 15 is 0 Å². The van der Waals surface area contributed by atoms with Gasteiger partial charge in [0.05, 0.1) is 6.54 Å². The molecule has 0 saturated heterocycles. The van der Waals surface area contributed by atoms with E-state index in [1.165, 1.54) is 4.90 Å². The summed E-state index contributed by atoms with van der Waals surface area (Å²) in [6, 6.07) is 30.6. The van der Waals surface area contributed by atoms with Gasteiger partial charge >= 0.3 is 18.0 Å². The standard InChI is InChI=1S/C35H38N2O6/c1-25(2)21-37(22-32(38)34(40)43-24-27-13-7-4-8-14-27)35(41)36-31(33(39)42-23-26-11-5-3-6-12-26)20-28-17-18-29-15-9-10-16-30(29)19-28/h3-19,25,31-32,38H,20-24H2,1-2H3,(H,36,41)/t31-,32-/m1/s1. The highest BCUT2D eigenvalue weighted by Crippen LogP contribution is 2.18. The van der Waals surface area contributed by atoms with Gasteiger partial charge < -0.3 is 24.8 Å². The van der Waals surface area contributed by atoms with Crippen molar-refractivity contribution in [3.8, 4) is 0 Å². The number of benzene rings is 4. The topological polar surface area (TPSA) is 105 Å². The Hall–Kier alpha value is -4.69. The van der Waals surface area contributed by atoms with E-state index < -0.39 is 30.1 Å². The van der Waals surface area contributed by atoms with Crippen LogP contribution in [0, 0.1) is 5.92 Å². The molecule has 2 amide bonds. The molecular weight excluding hydrogens is 544 g/mol. The average molecular weight is 583 g/mol. The average Bonchev–Trinajstić information content (AvgIpc) is 3.02. The van der Waals surface area contributed by atoms with Gasteiger partial charge in [0.15, 0.2) is 6.10 Å². The van der Waals surface area contributed by atoms with Gasteiger partial charge in [-0.15, -0.1) is 0 Å². The second-order valence-electron chi connectivity index (χ2n) is 10.9. The molecule has 4 aromatic carbocycles. The van der Waals surface area contributed by atoms with Crippen molar-refractivity contribution in [3.63, 3.8) is 0 Å². The van der Waals surface area contributed by atoms with Gasteiger partial charge in [-0.05, 0) is 33.4 Å². The number of esters is 2. The molecule has 0 aliphatic heterocycles. The van der Waals surface area contributed by atoms with Crippen LogP contribution in [0.15, 0.2) is 103 Å². The number of nitrogens with one attached hydrogen (secondary N) is 1. The predicted molar refractivity (Wildman–Crippen MR) is 165 cm³/mol. The third-order valence-electron chi connectivity index (χ3n) is 6.82. The molecule has 0 fully saturated rings. The van der Waals surface area contributed by atoms with Crippen LogP contribution in [0.1, 0.15) is 30.5 Å². The molecule has 0 heterocycles. The zero-order valence-electron chi connectivity index (χ0n) is 24.5. The molecule has 2 atom stereocenters. The lowest BCUT2D eigenvalue weighted by Gasteiger charge is -2.28. The van der Waals surface area contributed by atoms with Crippen LogP contribution in [0.3, 0.4) is 0 Å². The van der Waals surface area contributed by atoms with Gasteiger partial charge in [0, 0.05) is 13.0 Å². The molecular formula is C35H38N2O6. The van der Waals surface area contributed by atoms with E-state index in [-0.39, 0.29) is 38.6 Å².